The summed E-state index contributed by atoms with van der Waals surface area (Å²) in [5.41, 5.74) is 2.57. The van der Waals surface area contributed by atoms with E-state index < -0.39 is 0 Å². The lowest BCUT2D eigenvalue weighted by atomic mass is 9.75. The number of rotatable bonds is 1. The number of carbonyl (C=O) groups is 1. The molecule has 3 nitrogen and oxygen atoms in total. The summed E-state index contributed by atoms with van der Waals surface area (Å²) >= 11 is 1.56. The minimum atomic E-state index is -0.293. The average Bonchev–Trinajstić information content (AvgIpc) is 2.98. The number of anilines is 1. The van der Waals surface area contributed by atoms with Crippen LogP contribution in [0.25, 0.3) is 0 Å². The van der Waals surface area contributed by atoms with E-state index in [1.54, 1.807) is 23.5 Å². The van der Waals surface area contributed by atoms with E-state index in [4.69, 9.17) is 4.74 Å². The Morgan fingerprint density at radius 1 is 1.19 bits per heavy atom. The zero-order valence-corrected chi connectivity index (χ0v) is 16.4. The minimum absolute atomic E-state index is 0.0667. The van der Waals surface area contributed by atoms with E-state index in [2.05, 4.69) is 30.6 Å². The highest BCUT2D eigenvalue weighted by Gasteiger charge is 2.36. The molecule has 1 aliphatic heterocycles. The van der Waals surface area contributed by atoms with Crippen LogP contribution in [0, 0.1) is 23.1 Å². The van der Waals surface area contributed by atoms with E-state index in [9.17, 15) is 9.18 Å². The Bertz CT molecular complexity index is 945. The molecule has 0 N–H and O–H groups in total. The van der Waals surface area contributed by atoms with E-state index in [0.717, 1.165) is 40.5 Å². The summed E-state index contributed by atoms with van der Waals surface area (Å²) in [7, 11) is 0. The molecule has 1 fully saturated rings. The Morgan fingerprint density at radius 3 is 2.70 bits per heavy atom. The Balaban J connectivity index is 1.81. The average molecular weight is 383 g/mol. The second kappa shape index (κ2) is 7.10. The van der Waals surface area contributed by atoms with Gasteiger partial charge in [-0.3, -0.25) is 4.79 Å². The molecule has 1 aliphatic carbocycles. The van der Waals surface area contributed by atoms with E-state index in [0.29, 0.717) is 25.2 Å². The summed E-state index contributed by atoms with van der Waals surface area (Å²) in [6, 6.07) is 6.32. The van der Waals surface area contributed by atoms with Crippen molar-refractivity contribution < 1.29 is 13.9 Å². The fourth-order valence-corrected chi connectivity index (χ4v) is 4.99. The van der Waals surface area contributed by atoms with Crippen LogP contribution < -0.4 is 4.90 Å². The monoisotopic (exact) mass is 383 g/mol. The molecule has 0 spiro atoms. The first-order chi connectivity index (χ1) is 12.9. The maximum Gasteiger partial charge on any atom is 0.173 e. The molecule has 140 valence electrons. The smallest absolute Gasteiger partial charge is 0.173 e. The van der Waals surface area contributed by atoms with Crippen LogP contribution in [0.5, 0.6) is 0 Å². The van der Waals surface area contributed by atoms with Crippen molar-refractivity contribution in [2.24, 2.45) is 5.41 Å². The van der Waals surface area contributed by atoms with Gasteiger partial charge in [0, 0.05) is 25.1 Å². The number of ether oxygens (including phenoxy) is 1. The van der Waals surface area contributed by atoms with Gasteiger partial charge in [0.05, 0.1) is 23.7 Å². The van der Waals surface area contributed by atoms with Crippen molar-refractivity contribution in [1.29, 1.82) is 0 Å². The highest BCUT2D eigenvalue weighted by molar-refractivity contribution is 7.18. The van der Waals surface area contributed by atoms with Crippen molar-refractivity contribution in [1.82, 2.24) is 0 Å². The minimum Gasteiger partial charge on any atom is -0.378 e. The fraction of sp³-hybridized carbons (Fsp3) is 0.409. The lowest BCUT2D eigenvalue weighted by molar-refractivity contribution is 0.0917. The molecule has 1 aromatic heterocycles. The number of halogens is 1. The highest BCUT2D eigenvalue weighted by Crippen LogP contribution is 2.44. The third kappa shape index (κ3) is 3.78. The number of thiophene rings is 1. The summed E-state index contributed by atoms with van der Waals surface area (Å²) in [4.78, 5) is 15.9. The number of hydrogen-bond acceptors (Lipinski definition) is 4. The summed E-state index contributed by atoms with van der Waals surface area (Å²) in [5, 5.41) is 1.05. The molecule has 27 heavy (non-hydrogen) atoms. The molecule has 4 rings (SSSR count). The van der Waals surface area contributed by atoms with Crippen molar-refractivity contribution in [2.75, 3.05) is 31.2 Å². The van der Waals surface area contributed by atoms with Gasteiger partial charge >= 0.3 is 0 Å². The molecular formula is C22H22FNO2S. The molecule has 0 bridgehead atoms. The Morgan fingerprint density at radius 2 is 1.96 bits per heavy atom. The van der Waals surface area contributed by atoms with Crippen LogP contribution in [-0.4, -0.2) is 32.1 Å². The van der Waals surface area contributed by atoms with Crippen molar-refractivity contribution in [3.8, 4) is 11.8 Å². The van der Waals surface area contributed by atoms with Gasteiger partial charge in [0.2, 0.25) is 0 Å². The molecular weight excluding hydrogens is 361 g/mol. The van der Waals surface area contributed by atoms with Gasteiger partial charge in [0.1, 0.15) is 10.8 Å². The number of hydrogen-bond donors (Lipinski definition) is 0. The van der Waals surface area contributed by atoms with Gasteiger partial charge < -0.3 is 9.64 Å². The third-order valence-electron chi connectivity index (χ3n) is 4.99. The van der Waals surface area contributed by atoms with Crippen molar-refractivity contribution in [3.05, 3.63) is 51.7 Å². The molecule has 2 aliphatic rings. The summed E-state index contributed by atoms with van der Waals surface area (Å²) < 4.78 is 19.0. The molecule has 2 aromatic rings. The number of fused-ring (bicyclic) bond motifs is 1. The lowest BCUT2D eigenvalue weighted by Crippen LogP contribution is -2.36. The number of Topliss-reactive ketones (excluding diaryl/α,β-unsaturated/α-hetero) is 1. The second-order valence-electron chi connectivity index (χ2n) is 7.89. The first-order valence-corrected chi connectivity index (χ1v) is 10.0. The van der Waals surface area contributed by atoms with Gasteiger partial charge in [-0.2, -0.15) is 0 Å². The lowest BCUT2D eigenvalue weighted by Gasteiger charge is -2.29. The van der Waals surface area contributed by atoms with Crippen LogP contribution in [0.15, 0.2) is 24.3 Å². The first kappa shape index (κ1) is 18.2. The van der Waals surface area contributed by atoms with Crippen LogP contribution in [-0.2, 0) is 11.2 Å². The second-order valence-corrected chi connectivity index (χ2v) is 8.89. The van der Waals surface area contributed by atoms with Gasteiger partial charge in [-0.1, -0.05) is 31.8 Å². The van der Waals surface area contributed by atoms with Crippen molar-refractivity contribution in [3.63, 3.8) is 0 Å². The van der Waals surface area contributed by atoms with Gasteiger partial charge in [0.15, 0.2) is 5.78 Å². The Hall–Kier alpha value is -2.16. The molecule has 0 unspecified atom stereocenters. The van der Waals surface area contributed by atoms with Gasteiger partial charge in [-0.05, 0) is 35.6 Å². The largest absolute Gasteiger partial charge is 0.378 e. The third-order valence-corrected chi connectivity index (χ3v) is 6.32. The molecule has 0 radical (unpaired) electrons. The standard InChI is InChI=1S/C22H22FNO2S/c1-22(2)13-18-17(7-6-15-4-3-5-16(23)12-15)21(24-8-10-26-11-9-24)27-20(18)19(25)14-22/h3-5,12H,8-11,13-14H2,1-2H3. The zero-order chi connectivity index (χ0) is 19.0. The van der Waals surface area contributed by atoms with Crippen molar-refractivity contribution in [2.45, 2.75) is 26.7 Å². The predicted molar refractivity (Wildman–Crippen MR) is 106 cm³/mol. The number of ketones is 1. The summed E-state index contributed by atoms with van der Waals surface area (Å²) in [5.74, 6) is 6.30. The molecule has 0 amide bonds. The van der Waals surface area contributed by atoms with Crippen LogP contribution in [0.1, 0.15) is 46.6 Å². The molecule has 1 aromatic carbocycles. The van der Waals surface area contributed by atoms with Crippen LogP contribution in [0.3, 0.4) is 0 Å². The van der Waals surface area contributed by atoms with Crippen LogP contribution in [0.2, 0.25) is 0 Å². The quantitative estimate of drug-likeness (QED) is 0.689. The number of carbonyl (C=O) groups excluding carboxylic acids is 1. The molecule has 1 saturated heterocycles. The maximum atomic E-state index is 13.5. The molecule has 5 heteroatoms. The van der Waals surface area contributed by atoms with Gasteiger partial charge in [0.25, 0.3) is 0 Å². The zero-order valence-electron chi connectivity index (χ0n) is 15.6. The van der Waals surface area contributed by atoms with Crippen molar-refractivity contribution >= 4 is 22.1 Å². The van der Waals surface area contributed by atoms with Crippen LogP contribution >= 0.6 is 11.3 Å². The Kier molecular flexibility index (Phi) is 4.79. The van der Waals surface area contributed by atoms with Gasteiger partial charge in [-0.15, -0.1) is 11.3 Å². The van der Waals surface area contributed by atoms with E-state index in [1.165, 1.54) is 12.1 Å². The maximum absolute atomic E-state index is 13.5. The Labute approximate surface area is 163 Å². The summed E-state index contributed by atoms with van der Waals surface area (Å²) in [6.07, 6.45) is 1.40. The number of nitrogens with zero attached hydrogens (tertiary/aromatic N) is 1. The summed E-state index contributed by atoms with van der Waals surface area (Å²) in [6.45, 7) is 7.21. The van der Waals surface area contributed by atoms with E-state index in [1.807, 2.05) is 0 Å². The van der Waals surface area contributed by atoms with Crippen LogP contribution in [0.4, 0.5) is 9.39 Å². The molecule has 0 saturated carbocycles. The number of morpholine rings is 1. The first-order valence-electron chi connectivity index (χ1n) is 9.22. The molecule has 0 atom stereocenters. The topological polar surface area (TPSA) is 29.5 Å². The number of benzene rings is 1. The van der Waals surface area contributed by atoms with Gasteiger partial charge in [-0.25, -0.2) is 4.39 Å². The normalized spacial score (nSPS) is 18.6. The fourth-order valence-electron chi connectivity index (χ4n) is 3.72. The SMILES string of the molecule is CC1(C)CC(=O)c2sc(N3CCOCC3)c(C#Cc3cccc(F)c3)c2C1. The van der Waals surface area contributed by atoms with E-state index in [-0.39, 0.29) is 17.0 Å². The molecule has 2 heterocycles. The predicted octanol–water partition coefficient (Wildman–Crippen LogP) is 4.28. The van der Waals surface area contributed by atoms with E-state index >= 15 is 0 Å². The highest BCUT2D eigenvalue weighted by atomic mass is 32.1.